The highest BCUT2D eigenvalue weighted by Crippen LogP contribution is 2.62. The molecule has 6 atom stereocenters. The molecular weight excluding hydrogens is 811 g/mol. The number of hydrogen-bond donors (Lipinski definition) is 3. The third-order valence-electron chi connectivity index (χ3n) is 13.2. The zero-order valence-corrected chi connectivity index (χ0v) is 39.2. The molecule has 3 N–H and O–H groups in total. The summed E-state index contributed by atoms with van der Waals surface area (Å²) in [5, 5.41) is 34.3. The lowest BCUT2D eigenvalue weighted by atomic mass is 9.55. The Morgan fingerprint density at radius 3 is 2.39 bits per heavy atom. The quantitative estimate of drug-likeness (QED) is 0.0368. The summed E-state index contributed by atoms with van der Waals surface area (Å²) in [4.78, 5) is 27.3. The first-order valence-corrected chi connectivity index (χ1v) is 24.6. The van der Waals surface area contributed by atoms with E-state index < -0.39 is 17.7 Å². The summed E-state index contributed by atoms with van der Waals surface area (Å²) in [7, 11) is 0. The number of benzene rings is 1. The zero-order valence-electron chi connectivity index (χ0n) is 39.2. The minimum atomic E-state index is -1.35. The minimum absolute atomic E-state index is 0.00181. The van der Waals surface area contributed by atoms with E-state index in [1.165, 1.54) is 38.5 Å². The number of hydrogen-bond acceptors (Lipinski definition) is 11. The van der Waals surface area contributed by atoms with Crippen LogP contribution in [0.15, 0.2) is 65.9 Å². The summed E-state index contributed by atoms with van der Waals surface area (Å²) < 4.78 is 26.9. The number of carbonyl (C=O) groups excluding carboxylic acids is 1. The van der Waals surface area contributed by atoms with E-state index in [0.29, 0.717) is 50.4 Å². The molecule has 1 aromatic carbocycles. The van der Waals surface area contributed by atoms with Crippen LogP contribution in [0.2, 0.25) is 0 Å². The van der Waals surface area contributed by atoms with E-state index in [4.69, 9.17) is 28.9 Å². The van der Waals surface area contributed by atoms with E-state index in [1.807, 2.05) is 49.1 Å². The second-order valence-electron chi connectivity index (χ2n) is 17.8. The van der Waals surface area contributed by atoms with Gasteiger partial charge in [0.25, 0.3) is 0 Å². The van der Waals surface area contributed by atoms with E-state index in [2.05, 4.69) is 30.6 Å². The van der Waals surface area contributed by atoms with E-state index in [-0.39, 0.29) is 69.8 Å². The van der Waals surface area contributed by atoms with Crippen LogP contribution in [0.4, 0.5) is 0 Å². The number of pyridine rings is 1. The Balaban J connectivity index is 1.62. The van der Waals surface area contributed by atoms with Crippen molar-refractivity contribution >= 4 is 11.6 Å². The molecular formula is C52H79N3O9. The topological polar surface area (TPSA) is 152 Å². The van der Waals surface area contributed by atoms with Crippen LogP contribution >= 0.6 is 0 Å². The third-order valence-corrected chi connectivity index (χ3v) is 13.2. The Kier molecular flexibility index (Phi) is 22.1. The monoisotopic (exact) mass is 890 g/mol. The van der Waals surface area contributed by atoms with Gasteiger partial charge in [-0.1, -0.05) is 94.5 Å². The Bertz CT molecular complexity index is 1770. The molecule has 1 amide bonds. The molecule has 2 aromatic rings. The van der Waals surface area contributed by atoms with Crippen LogP contribution in [0.1, 0.15) is 146 Å². The van der Waals surface area contributed by atoms with Crippen molar-refractivity contribution < 1.29 is 43.9 Å². The SMILES string of the molecule is C=CCOC12Oc3ccc(OCc4cccc(C)n4)cc3C3C(CCCCO)C(CCCCO)C=C(C(=NOCC)CC1N(CCOCCO)C(=O)CCCCCCCCCCC)C32. The molecule has 1 fully saturated rings. The standard InChI is InChI=1S/C52H79N3O9/c1-5-8-9-10-11-12-13-14-15-25-49(59)55(28-33-60-34-31-58)48-37-46(54-63-7-3)44-35-40(22-16-18-29-56)43(24-17-19-30-57)50-45-36-42(61-38-41-23-20-21-39(4)53-41)26-27-47(45)64-52(48,51(44)50)62-32-6-2/h6,20-21,23,26-27,35-36,40,43,48,50-51,56-58H,2,5,7-19,22,24-25,28-34,37-38H2,1,3-4H3. The van der Waals surface area contributed by atoms with E-state index >= 15 is 0 Å². The number of aryl methyl sites for hydroxylation is 1. The van der Waals surface area contributed by atoms with Crippen LogP contribution in [0.3, 0.4) is 0 Å². The molecule has 356 valence electrons. The van der Waals surface area contributed by atoms with Crippen LogP contribution in [0, 0.1) is 24.7 Å². The van der Waals surface area contributed by atoms with Crippen molar-refractivity contribution in [2.24, 2.45) is 22.9 Å². The molecule has 0 spiro atoms. The number of carbonyl (C=O) groups is 1. The number of unbranched alkanes of at least 4 members (excludes halogenated alkanes) is 10. The fraction of sp³-hybridized carbons (Fsp3) is 0.673. The van der Waals surface area contributed by atoms with Crippen molar-refractivity contribution in [1.29, 1.82) is 0 Å². The number of allylic oxidation sites excluding steroid dienone is 1. The maximum absolute atomic E-state index is 14.8. The second kappa shape index (κ2) is 27.6. The lowest BCUT2D eigenvalue weighted by molar-refractivity contribution is -0.258. The van der Waals surface area contributed by atoms with Gasteiger partial charge in [0.05, 0.1) is 43.8 Å². The summed E-state index contributed by atoms with van der Waals surface area (Å²) in [6, 6.07) is 11.3. The summed E-state index contributed by atoms with van der Waals surface area (Å²) in [5.41, 5.74) is 4.52. The van der Waals surface area contributed by atoms with Gasteiger partial charge in [-0.25, -0.2) is 0 Å². The average molecular weight is 890 g/mol. The van der Waals surface area contributed by atoms with Crippen LogP contribution in [-0.4, -0.2) is 101 Å². The molecule has 2 aliphatic carbocycles. The van der Waals surface area contributed by atoms with Gasteiger partial charge >= 0.3 is 0 Å². The molecule has 0 radical (unpaired) electrons. The maximum Gasteiger partial charge on any atom is 0.239 e. The molecule has 12 heteroatoms. The van der Waals surface area contributed by atoms with Gasteiger partial charge in [0.2, 0.25) is 11.7 Å². The van der Waals surface area contributed by atoms with Crippen LogP contribution in [0.25, 0.3) is 0 Å². The van der Waals surface area contributed by atoms with Crippen LogP contribution in [0.5, 0.6) is 11.5 Å². The lowest BCUT2D eigenvalue weighted by Gasteiger charge is -2.60. The van der Waals surface area contributed by atoms with E-state index in [0.717, 1.165) is 73.2 Å². The van der Waals surface area contributed by atoms with Crippen molar-refractivity contribution in [3.05, 3.63) is 77.7 Å². The highest BCUT2D eigenvalue weighted by atomic mass is 16.7. The van der Waals surface area contributed by atoms with Gasteiger partial charge in [-0.05, 0) is 93.7 Å². The Hall–Kier alpha value is -3.81. The normalized spacial score (nSPS) is 22.9. The highest BCUT2D eigenvalue weighted by molar-refractivity contribution is 6.03. The number of oxime groups is 1. The van der Waals surface area contributed by atoms with Crippen molar-refractivity contribution in [1.82, 2.24) is 9.88 Å². The fourth-order valence-corrected chi connectivity index (χ4v) is 10.2. The number of aromatic nitrogens is 1. The number of aliphatic hydroxyl groups is 3. The molecule has 1 saturated carbocycles. The summed E-state index contributed by atoms with van der Waals surface area (Å²) in [6.07, 6.45) is 19.9. The Morgan fingerprint density at radius 1 is 0.938 bits per heavy atom. The Labute approximate surface area is 383 Å². The average Bonchev–Trinajstić information content (AvgIpc) is 3.30. The van der Waals surface area contributed by atoms with Gasteiger partial charge < -0.3 is 44.0 Å². The molecule has 64 heavy (non-hydrogen) atoms. The van der Waals surface area contributed by atoms with Gasteiger partial charge in [-0.2, -0.15) is 0 Å². The summed E-state index contributed by atoms with van der Waals surface area (Å²) in [5.74, 6) is -0.357. The van der Waals surface area contributed by atoms with Gasteiger partial charge in [0.1, 0.15) is 30.8 Å². The predicted octanol–water partition coefficient (Wildman–Crippen LogP) is 9.38. The van der Waals surface area contributed by atoms with E-state index in [9.17, 15) is 20.1 Å². The first kappa shape index (κ1) is 51.2. The first-order valence-electron chi connectivity index (χ1n) is 24.6. The molecule has 2 heterocycles. The highest BCUT2D eigenvalue weighted by Gasteiger charge is 2.65. The largest absolute Gasteiger partial charge is 0.487 e. The van der Waals surface area contributed by atoms with Crippen LogP contribution in [-0.2, 0) is 25.7 Å². The summed E-state index contributed by atoms with van der Waals surface area (Å²) in [6.45, 7) is 11.8. The number of amides is 1. The molecule has 1 aliphatic heterocycles. The molecule has 3 aliphatic rings. The number of ether oxygens (including phenoxy) is 4. The first-order chi connectivity index (χ1) is 31.3. The van der Waals surface area contributed by atoms with Crippen molar-refractivity contribution in [2.75, 3.05) is 52.8 Å². The molecule has 0 saturated heterocycles. The second-order valence-corrected chi connectivity index (χ2v) is 17.8. The minimum Gasteiger partial charge on any atom is -0.487 e. The third kappa shape index (κ3) is 13.9. The molecule has 1 aromatic heterocycles. The number of fused-ring (bicyclic) bond motifs is 2. The summed E-state index contributed by atoms with van der Waals surface area (Å²) >= 11 is 0. The van der Waals surface area contributed by atoms with Crippen LogP contribution < -0.4 is 9.47 Å². The molecule has 5 rings (SSSR count). The number of rotatable bonds is 32. The smallest absolute Gasteiger partial charge is 0.239 e. The van der Waals surface area contributed by atoms with Crippen molar-refractivity contribution in [3.63, 3.8) is 0 Å². The van der Waals surface area contributed by atoms with Crippen molar-refractivity contribution in [3.8, 4) is 11.5 Å². The zero-order chi connectivity index (χ0) is 45.6. The van der Waals surface area contributed by atoms with E-state index in [1.54, 1.807) is 6.08 Å². The maximum atomic E-state index is 14.8. The number of nitrogens with zero attached hydrogens (tertiary/aromatic N) is 3. The van der Waals surface area contributed by atoms with Gasteiger partial charge in [0.15, 0.2) is 0 Å². The Morgan fingerprint density at radius 2 is 1.69 bits per heavy atom. The molecule has 0 bridgehead atoms. The lowest BCUT2D eigenvalue weighted by Crippen LogP contribution is -2.70. The van der Waals surface area contributed by atoms with Gasteiger partial charge in [-0.15, -0.1) is 6.58 Å². The van der Waals surface area contributed by atoms with Gasteiger partial charge in [-0.3, -0.25) is 9.78 Å². The predicted molar refractivity (Wildman–Crippen MR) is 251 cm³/mol. The fourth-order valence-electron chi connectivity index (χ4n) is 10.2. The number of aliphatic hydroxyl groups excluding tert-OH is 3. The molecule has 6 unspecified atom stereocenters. The van der Waals surface area contributed by atoms with Crippen molar-refractivity contribution in [2.45, 2.75) is 154 Å². The van der Waals surface area contributed by atoms with Gasteiger partial charge in [0, 0.05) is 49.8 Å². The molecule has 12 nitrogen and oxygen atoms in total.